The Bertz CT molecular complexity index is 1080. The third kappa shape index (κ3) is 3.13. The Morgan fingerprint density at radius 1 is 1.14 bits per heavy atom. The lowest BCUT2D eigenvalue weighted by atomic mass is 10.1. The summed E-state index contributed by atoms with van der Waals surface area (Å²) in [5.41, 5.74) is 3.78. The Balaban J connectivity index is 1.30. The molecule has 2 aliphatic heterocycles. The van der Waals surface area contributed by atoms with Crippen molar-refractivity contribution >= 4 is 17.7 Å². The van der Waals surface area contributed by atoms with Crippen LogP contribution in [0.3, 0.4) is 0 Å². The van der Waals surface area contributed by atoms with Crippen molar-refractivity contribution in [3.8, 4) is 22.8 Å². The number of hydrogen-bond donors (Lipinski definition) is 1. The zero-order valence-electron chi connectivity index (χ0n) is 15.2. The van der Waals surface area contributed by atoms with Crippen LogP contribution in [0.15, 0.2) is 54.7 Å². The quantitative estimate of drug-likeness (QED) is 0.705. The lowest BCUT2D eigenvalue weighted by Crippen LogP contribution is -2.07. The summed E-state index contributed by atoms with van der Waals surface area (Å²) in [6.07, 6.45) is 7.35. The molecule has 0 saturated heterocycles. The van der Waals surface area contributed by atoms with E-state index in [9.17, 15) is 4.79 Å². The first-order valence-electron chi connectivity index (χ1n) is 9.30. The number of anilines is 1. The minimum atomic E-state index is -0.187. The second-order valence-corrected chi connectivity index (χ2v) is 6.83. The van der Waals surface area contributed by atoms with Gasteiger partial charge in [-0.05, 0) is 42.3 Å². The van der Waals surface area contributed by atoms with Crippen molar-refractivity contribution in [2.45, 2.75) is 19.4 Å². The average Bonchev–Trinajstić information content (AvgIpc) is 3.42. The van der Waals surface area contributed by atoms with Crippen molar-refractivity contribution < 1.29 is 14.3 Å². The van der Waals surface area contributed by atoms with E-state index in [2.05, 4.69) is 14.9 Å². The largest absolute Gasteiger partial charge is 0.454 e. The second-order valence-electron chi connectivity index (χ2n) is 6.83. The van der Waals surface area contributed by atoms with Gasteiger partial charge in [0.1, 0.15) is 5.82 Å². The molecule has 1 amide bonds. The lowest BCUT2D eigenvalue weighted by Gasteiger charge is -2.08. The molecule has 5 rings (SSSR count). The van der Waals surface area contributed by atoms with Crippen LogP contribution in [0, 0.1) is 0 Å². The smallest absolute Gasteiger partial charge is 0.248 e. The molecule has 1 N–H and O–H groups in total. The maximum atomic E-state index is 12.3. The first kappa shape index (κ1) is 16.6. The maximum Gasteiger partial charge on any atom is 0.248 e. The number of fused-ring (bicyclic) bond motifs is 2. The summed E-state index contributed by atoms with van der Waals surface area (Å²) in [6.45, 7) is 1.24. The van der Waals surface area contributed by atoms with Crippen LogP contribution in [0.5, 0.6) is 11.5 Å². The highest BCUT2D eigenvalue weighted by molar-refractivity contribution is 6.02. The van der Waals surface area contributed by atoms with Gasteiger partial charge in [0.2, 0.25) is 12.7 Å². The molecule has 2 aromatic carbocycles. The Morgan fingerprint density at radius 2 is 2.07 bits per heavy atom. The fourth-order valence-corrected chi connectivity index (χ4v) is 3.62. The molecule has 28 heavy (non-hydrogen) atoms. The molecule has 0 unspecified atom stereocenters. The fraction of sp³-hybridized carbons (Fsp3) is 0.182. The topological polar surface area (TPSA) is 65.4 Å². The molecule has 0 bridgehead atoms. The van der Waals surface area contributed by atoms with Gasteiger partial charge in [-0.25, -0.2) is 4.98 Å². The van der Waals surface area contributed by atoms with E-state index in [0.29, 0.717) is 5.75 Å². The van der Waals surface area contributed by atoms with E-state index >= 15 is 0 Å². The minimum absolute atomic E-state index is 0.187. The predicted molar refractivity (Wildman–Crippen MR) is 106 cm³/mol. The molecule has 3 heterocycles. The van der Waals surface area contributed by atoms with Crippen LogP contribution in [0.1, 0.15) is 17.8 Å². The molecule has 6 nitrogen and oxygen atoms in total. The normalized spacial score (nSPS) is 14.4. The Labute approximate surface area is 162 Å². The van der Waals surface area contributed by atoms with Gasteiger partial charge in [0.15, 0.2) is 11.5 Å². The van der Waals surface area contributed by atoms with E-state index < -0.39 is 0 Å². The number of ether oxygens (including phenoxy) is 2. The predicted octanol–water partition coefficient (Wildman–Crippen LogP) is 3.88. The number of hydrogen-bond acceptors (Lipinski definition) is 4. The summed E-state index contributed by atoms with van der Waals surface area (Å²) < 4.78 is 12.9. The number of carbonyl (C=O) groups is 1. The monoisotopic (exact) mass is 373 g/mol. The number of carbonyl (C=O) groups excluding carboxylic acids is 1. The SMILES string of the molecule is O=C(/C=C/c1ccc2c(c1)OCO2)Nc1cccc(-c2cnc3n2CCC3)c1. The molecule has 2 aliphatic rings. The van der Waals surface area contributed by atoms with Crippen LogP contribution in [0.4, 0.5) is 5.69 Å². The molecule has 1 aromatic heterocycles. The molecular weight excluding hydrogens is 354 g/mol. The third-order valence-corrected chi connectivity index (χ3v) is 4.97. The number of rotatable bonds is 4. The third-order valence-electron chi connectivity index (χ3n) is 4.97. The van der Waals surface area contributed by atoms with E-state index in [-0.39, 0.29) is 12.7 Å². The highest BCUT2D eigenvalue weighted by Crippen LogP contribution is 2.33. The number of imidazole rings is 1. The first-order valence-corrected chi connectivity index (χ1v) is 9.30. The van der Waals surface area contributed by atoms with E-state index in [0.717, 1.165) is 53.5 Å². The minimum Gasteiger partial charge on any atom is -0.454 e. The Kier molecular flexibility index (Phi) is 4.09. The van der Waals surface area contributed by atoms with Crippen molar-refractivity contribution in [3.05, 3.63) is 66.1 Å². The molecule has 0 spiro atoms. The fourth-order valence-electron chi connectivity index (χ4n) is 3.62. The number of nitrogens with one attached hydrogen (secondary N) is 1. The van der Waals surface area contributed by atoms with Gasteiger partial charge in [0, 0.05) is 30.3 Å². The standard InChI is InChI=1S/C22H19N3O3/c26-22(9-7-15-6-8-19-20(11-15)28-14-27-19)24-17-4-1-3-16(12-17)18-13-23-21-5-2-10-25(18)21/h1,3-4,6-9,11-13H,2,5,10,14H2,(H,24,26)/b9-7+. The molecular formula is C22H19N3O3. The molecule has 3 aromatic rings. The molecule has 0 radical (unpaired) electrons. The summed E-state index contributed by atoms with van der Waals surface area (Å²) in [6, 6.07) is 13.4. The van der Waals surface area contributed by atoms with Gasteiger partial charge >= 0.3 is 0 Å². The molecule has 0 fully saturated rings. The highest BCUT2D eigenvalue weighted by atomic mass is 16.7. The summed E-state index contributed by atoms with van der Waals surface area (Å²) in [7, 11) is 0. The Hall–Kier alpha value is -3.54. The summed E-state index contributed by atoms with van der Waals surface area (Å²) >= 11 is 0. The van der Waals surface area contributed by atoms with Gasteiger partial charge in [0.05, 0.1) is 11.9 Å². The van der Waals surface area contributed by atoms with Crippen molar-refractivity contribution in [2.24, 2.45) is 0 Å². The lowest BCUT2D eigenvalue weighted by molar-refractivity contribution is -0.111. The van der Waals surface area contributed by atoms with E-state index in [1.54, 1.807) is 6.08 Å². The van der Waals surface area contributed by atoms with Crippen LogP contribution < -0.4 is 14.8 Å². The number of amides is 1. The van der Waals surface area contributed by atoms with Crippen molar-refractivity contribution in [1.29, 1.82) is 0 Å². The highest BCUT2D eigenvalue weighted by Gasteiger charge is 2.17. The van der Waals surface area contributed by atoms with Crippen molar-refractivity contribution in [2.75, 3.05) is 12.1 Å². The van der Waals surface area contributed by atoms with E-state index in [4.69, 9.17) is 9.47 Å². The number of aryl methyl sites for hydroxylation is 1. The maximum absolute atomic E-state index is 12.3. The van der Waals surface area contributed by atoms with Gasteiger partial charge in [0.25, 0.3) is 0 Å². The van der Waals surface area contributed by atoms with E-state index in [1.165, 1.54) is 6.08 Å². The van der Waals surface area contributed by atoms with Gasteiger partial charge < -0.3 is 19.4 Å². The van der Waals surface area contributed by atoms with Crippen LogP contribution in [0.2, 0.25) is 0 Å². The number of benzene rings is 2. The second kappa shape index (κ2) is 6.88. The first-order chi connectivity index (χ1) is 13.8. The van der Waals surface area contributed by atoms with Gasteiger partial charge in [-0.15, -0.1) is 0 Å². The molecule has 0 aliphatic carbocycles. The van der Waals surface area contributed by atoms with Crippen LogP contribution in [-0.4, -0.2) is 22.3 Å². The van der Waals surface area contributed by atoms with Gasteiger partial charge in [-0.1, -0.05) is 18.2 Å². The van der Waals surface area contributed by atoms with Gasteiger partial charge in [-0.2, -0.15) is 0 Å². The van der Waals surface area contributed by atoms with Crippen molar-refractivity contribution in [1.82, 2.24) is 9.55 Å². The number of nitrogens with zero attached hydrogens (tertiary/aromatic N) is 2. The van der Waals surface area contributed by atoms with Crippen LogP contribution in [-0.2, 0) is 17.8 Å². The van der Waals surface area contributed by atoms with E-state index in [1.807, 2.05) is 48.7 Å². The summed E-state index contributed by atoms with van der Waals surface area (Å²) in [5.74, 6) is 2.37. The van der Waals surface area contributed by atoms with Crippen molar-refractivity contribution in [3.63, 3.8) is 0 Å². The molecule has 140 valence electrons. The van der Waals surface area contributed by atoms with Gasteiger partial charge in [-0.3, -0.25) is 4.79 Å². The zero-order valence-corrected chi connectivity index (χ0v) is 15.2. The summed E-state index contributed by atoms with van der Waals surface area (Å²) in [5, 5.41) is 2.92. The van der Waals surface area contributed by atoms with Crippen LogP contribution in [0.25, 0.3) is 17.3 Å². The molecule has 6 heteroatoms. The molecule has 0 atom stereocenters. The van der Waals surface area contributed by atoms with Crippen LogP contribution >= 0.6 is 0 Å². The average molecular weight is 373 g/mol. The summed E-state index contributed by atoms with van der Waals surface area (Å²) in [4.78, 5) is 16.8. The zero-order chi connectivity index (χ0) is 18.9. The molecule has 0 saturated carbocycles. The number of aromatic nitrogens is 2. The Morgan fingerprint density at radius 3 is 3.04 bits per heavy atom.